The fraction of sp³-hybridized carbons (Fsp3) is 0.634. The number of pyridine rings is 1. The van der Waals surface area contributed by atoms with Crippen LogP contribution in [0.1, 0.15) is 156 Å². The molecule has 5 aliphatic heterocycles. The average molecular weight is 1750 g/mol. The number of hydrogen-bond acceptors (Lipinski definition) is 25. The van der Waals surface area contributed by atoms with Crippen LogP contribution in [0.5, 0.6) is 0 Å². The minimum absolute atomic E-state index is 0.0000370. The van der Waals surface area contributed by atoms with E-state index in [0.29, 0.717) is 172 Å². The number of nitrogens with zero attached hydrogens (tertiary/aromatic N) is 9. The number of hydrogen-bond donors (Lipinski definition) is 4. The number of nitrogens with one attached hydrogen (secondary N) is 1. The van der Waals surface area contributed by atoms with Crippen molar-refractivity contribution in [3.63, 3.8) is 0 Å². The molecule has 680 valence electrons. The van der Waals surface area contributed by atoms with E-state index in [1.807, 2.05) is 107 Å². The monoisotopic (exact) mass is 1740 g/mol. The second-order valence-corrected chi connectivity index (χ2v) is 35.2. The van der Waals surface area contributed by atoms with Crippen molar-refractivity contribution < 1.29 is 90.7 Å². The van der Waals surface area contributed by atoms with Gasteiger partial charge in [-0.15, -0.1) is 5.10 Å². The number of rotatable bonds is 28. The highest BCUT2D eigenvalue weighted by molar-refractivity contribution is 6.39. The van der Waals surface area contributed by atoms with Crippen molar-refractivity contribution in [2.45, 2.75) is 225 Å². The third-order valence-corrected chi connectivity index (χ3v) is 25.6. The number of Topliss-reactive ketones (excluding diaryl/α,β-unsaturated/α-hetero) is 3. The number of aliphatic hydroxyl groups excluding tert-OH is 1. The Labute approximate surface area is 733 Å². The number of esters is 1. The molecule has 5 N–H and O–H groups in total. The van der Waals surface area contributed by atoms with E-state index in [0.717, 1.165) is 69.6 Å². The predicted octanol–water partition coefficient (Wildman–Crippen LogP) is 11.4. The van der Waals surface area contributed by atoms with Crippen molar-refractivity contribution in [1.82, 2.24) is 39.7 Å². The third kappa shape index (κ3) is 25.9. The van der Waals surface area contributed by atoms with E-state index in [2.05, 4.69) is 25.1 Å². The number of methoxy groups -OCH3 is 3. The fourth-order valence-electron chi connectivity index (χ4n) is 18.0. The molecule has 1 saturated carbocycles. The van der Waals surface area contributed by atoms with Gasteiger partial charge in [-0.05, 0) is 168 Å². The Morgan fingerprint density at radius 3 is 2.23 bits per heavy atom. The fourth-order valence-corrected chi connectivity index (χ4v) is 18.2. The Bertz CT molecular complexity index is 4480. The van der Waals surface area contributed by atoms with Crippen LogP contribution in [0.15, 0.2) is 96.4 Å². The van der Waals surface area contributed by atoms with Gasteiger partial charge in [0.15, 0.2) is 5.78 Å². The molecule has 2 aromatic carbocycles. The predicted molar refractivity (Wildman–Crippen MR) is 468 cm³/mol. The number of benzene rings is 2. The number of carbonyl (C=O) groups excluding carboxylic acids is 6. The first-order valence-corrected chi connectivity index (χ1v) is 44.8. The van der Waals surface area contributed by atoms with Crippen LogP contribution in [0.4, 0.5) is 15.9 Å². The first-order chi connectivity index (χ1) is 59.6. The molecule has 0 radical (unpaired) electrons. The number of aromatic nitrogens is 6. The van der Waals surface area contributed by atoms with Crippen molar-refractivity contribution in [1.29, 1.82) is 0 Å². The number of allylic oxidation sites excluding steroid dienone is 6. The summed E-state index contributed by atoms with van der Waals surface area (Å²) in [5, 5.41) is 33.0. The summed E-state index contributed by atoms with van der Waals surface area (Å²) in [6.07, 6.45) is 16.8. The Morgan fingerprint density at radius 2 is 1.51 bits per heavy atom. The van der Waals surface area contributed by atoms with Gasteiger partial charge in [0.25, 0.3) is 11.7 Å². The molecule has 0 spiro atoms. The van der Waals surface area contributed by atoms with E-state index < -0.39 is 83.7 Å². The summed E-state index contributed by atoms with van der Waals surface area (Å²) in [7, 11) is 4.61. The summed E-state index contributed by atoms with van der Waals surface area (Å²) in [6.45, 7) is 21.3. The number of aromatic amines is 1. The molecule has 5 aromatic rings. The lowest BCUT2D eigenvalue weighted by Gasteiger charge is -2.42. The second-order valence-electron chi connectivity index (χ2n) is 34.7. The van der Waals surface area contributed by atoms with Gasteiger partial charge in [-0.25, -0.2) is 23.8 Å². The van der Waals surface area contributed by atoms with Gasteiger partial charge in [0, 0.05) is 121 Å². The Morgan fingerprint density at radius 1 is 0.774 bits per heavy atom. The number of carbonyl (C=O) groups is 6. The molecule has 15 atom stereocenters. The van der Waals surface area contributed by atoms with E-state index in [9.17, 15) is 39.0 Å². The normalized spacial score (nSPS) is 28.5. The summed E-state index contributed by atoms with van der Waals surface area (Å²) < 4.78 is 76.7. The lowest BCUT2D eigenvalue weighted by Crippen LogP contribution is -2.61. The van der Waals surface area contributed by atoms with Gasteiger partial charge in [-0.3, -0.25) is 24.0 Å². The number of aliphatic hydroxyl groups is 2. The summed E-state index contributed by atoms with van der Waals surface area (Å²) in [4.78, 5) is 107. The molecule has 2 bridgehead atoms. The number of amides is 2. The lowest BCUT2D eigenvalue weighted by atomic mass is 9.78. The standard InChI is InChI=1S/C93H131ClFN11O18/c1-58-17-13-12-14-18-60(3)79(115-9)53-72-23-20-65(8)93(114,124-72)88(111)91(112)106-29-16-15-19-76(106)92(113)123-80(54-77(107)61(4)48-64(7)86(110)87(117-11)85(109)63(6)45-58)62(5)49-66-21-25-78(81(50-66)116-10)122-38-36-105-56-71(100-101-105)57-121-44-43-120-42-41-119-40-39-118-37-28-82(108)102-32-34-104(35-33-102)90-83(89-98-74-24-22-68(94)52-75(74)99-89)84(103-30-26-70(96)27-31-103)73(55-97-90)67-46-59(2)47-69(95)51-67/h12-14,17-18,22,24,46-48,51-52,55-56,58,61-63,65-66,70,72,76,78-81,86-87,110,114H,15-16,19-21,23,25-45,49-50,53-54,57,96H2,1-11H3,(H,98,99)/b14-12+,17-13+,60-18+,64-48+/t58-,61-,62-,63-,65-,66?,72+,76+,78-,79+,80+,81-,86-,87+,93-/m1/s1. The molecule has 31 heteroatoms. The maximum Gasteiger partial charge on any atom is 0.329 e. The molecule has 1 unspecified atom stereocenters. The summed E-state index contributed by atoms with van der Waals surface area (Å²) in [5.74, 6) is -7.35. The SMILES string of the molecule is CO[C@H]1C[C@@H]2CC[C@@H](C)[C@@](O)(O2)C(=O)C(=O)N2CCCC[C@H]2C(=O)O[C@H]([C@H](C)CC2CC[C@@H](OCCn3cc(COCCOCCOCCOCCC(=O)N4CCN(c5ncc(-c6cc(C)cc(F)c6)c(N6CCC(N)CC6)c5-c5nc6ccc(Cl)cc6[nH]5)CC4)nn3)[C@H](OC)C2)CC(=O)[C@H](C)/C=C(\C)[C@@H](O)[C@@H](OC)C(=O)[C@H](C)C[C@H](C)/C=C/C=C/C=C/1C. The van der Waals surface area contributed by atoms with Gasteiger partial charge in [0.1, 0.15) is 53.3 Å². The van der Waals surface area contributed by atoms with Crippen molar-refractivity contribution in [2.75, 3.05) is 130 Å². The van der Waals surface area contributed by atoms with Gasteiger partial charge >= 0.3 is 5.97 Å². The van der Waals surface area contributed by atoms with Crippen LogP contribution in [-0.2, 0) is 89.3 Å². The zero-order valence-corrected chi connectivity index (χ0v) is 74.9. The molecule has 11 rings (SSSR count). The van der Waals surface area contributed by atoms with Gasteiger partial charge in [-0.2, -0.15) is 0 Å². The highest BCUT2D eigenvalue weighted by atomic mass is 35.5. The lowest BCUT2D eigenvalue weighted by molar-refractivity contribution is -0.265. The van der Waals surface area contributed by atoms with Crippen LogP contribution in [0.25, 0.3) is 33.5 Å². The molecule has 1 aliphatic carbocycles. The number of ether oxygens (including phenoxy) is 10. The number of ketones is 3. The van der Waals surface area contributed by atoms with Crippen LogP contribution in [0.3, 0.4) is 0 Å². The van der Waals surface area contributed by atoms with Crippen LogP contribution < -0.4 is 15.5 Å². The third-order valence-electron chi connectivity index (χ3n) is 25.4. The number of imidazole rings is 1. The largest absolute Gasteiger partial charge is 0.460 e. The quantitative estimate of drug-likeness (QED) is 0.0156. The first kappa shape index (κ1) is 96.6. The van der Waals surface area contributed by atoms with E-state index in [1.165, 1.54) is 18.1 Å². The molecular formula is C93H131ClFN11O18. The van der Waals surface area contributed by atoms with Crippen LogP contribution in [0, 0.1) is 48.2 Å². The molecule has 6 aliphatic rings. The smallest absolute Gasteiger partial charge is 0.329 e. The topological polar surface area (TPSA) is 346 Å². The molecular weight excluding hydrogens is 1610 g/mol. The number of aryl methyl sites for hydroxylation is 1. The van der Waals surface area contributed by atoms with Crippen molar-refractivity contribution in [2.24, 2.45) is 41.2 Å². The Balaban J connectivity index is 0.603. The van der Waals surface area contributed by atoms with E-state index in [1.54, 1.807) is 51.8 Å². The van der Waals surface area contributed by atoms with Crippen molar-refractivity contribution in [3.8, 4) is 22.5 Å². The average Bonchev–Trinajstić information content (AvgIpc) is 1.37. The number of halogens is 2. The second kappa shape index (κ2) is 46.6. The molecule has 4 saturated heterocycles. The molecule has 5 fully saturated rings. The Hall–Kier alpha value is -8.08. The van der Waals surface area contributed by atoms with Crippen LogP contribution in [0.2, 0.25) is 5.02 Å². The van der Waals surface area contributed by atoms with E-state index in [4.69, 9.17) is 74.7 Å². The van der Waals surface area contributed by atoms with E-state index >= 15 is 4.39 Å². The van der Waals surface area contributed by atoms with Crippen molar-refractivity contribution >= 4 is 69.3 Å². The number of piperazine rings is 1. The molecule has 29 nitrogen and oxygen atoms in total. The molecule has 124 heavy (non-hydrogen) atoms. The summed E-state index contributed by atoms with van der Waals surface area (Å²) in [5.41, 5.74) is 13.8. The maximum atomic E-state index is 15.1. The van der Waals surface area contributed by atoms with Gasteiger partial charge in [0.2, 0.25) is 11.7 Å². The van der Waals surface area contributed by atoms with Crippen molar-refractivity contribution in [3.05, 3.63) is 118 Å². The maximum absolute atomic E-state index is 15.1. The van der Waals surface area contributed by atoms with Crippen LogP contribution in [-0.4, -0.2) is 266 Å². The molecule has 3 aromatic heterocycles. The molecule has 2 amide bonds. The minimum Gasteiger partial charge on any atom is -0.460 e. The number of anilines is 2. The number of cyclic esters (lactones) is 1. The number of nitrogens with two attached hydrogens (primary N) is 1. The zero-order chi connectivity index (χ0) is 88.7. The Kier molecular flexibility index (Phi) is 36.3. The van der Waals surface area contributed by atoms with Gasteiger partial charge in [-0.1, -0.05) is 94.0 Å². The van der Waals surface area contributed by atoms with Gasteiger partial charge in [0.05, 0.1) is 125 Å². The molecule has 8 heterocycles. The number of fused-ring (bicyclic) bond motifs is 4. The zero-order valence-electron chi connectivity index (χ0n) is 74.2. The minimum atomic E-state index is -2.47. The highest BCUT2D eigenvalue weighted by Gasteiger charge is 2.53. The summed E-state index contributed by atoms with van der Waals surface area (Å²) in [6, 6.07) is 9.48. The van der Waals surface area contributed by atoms with E-state index in [-0.39, 0.29) is 92.4 Å². The highest BCUT2D eigenvalue weighted by Crippen LogP contribution is 2.46. The first-order valence-electron chi connectivity index (χ1n) is 44.4. The summed E-state index contributed by atoms with van der Waals surface area (Å²) >= 11 is 6.45. The number of piperidine rings is 2. The van der Waals surface area contributed by atoms with Crippen LogP contribution >= 0.6 is 11.6 Å². The van der Waals surface area contributed by atoms with Gasteiger partial charge < -0.3 is 87.9 Å². The number of H-pyrrole nitrogens is 1.